The number of benzene rings is 2. The van der Waals surface area contributed by atoms with Crippen molar-refractivity contribution in [2.75, 3.05) is 20.2 Å². The van der Waals surface area contributed by atoms with Crippen LogP contribution in [0, 0.1) is 0 Å². The van der Waals surface area contributed by atoms with E-state index in [4.69, 9.17) is 4.74 Å². The number of piperidine rings is 1. The van der Waals surface area contributed by atoms with E-state index >= 15 is 0 Å². The Kier molecular flexibility index (Phi) is 5.05. The summed E-state index contributed by atoms with van der Waals surface area (Å²) in [4.78, 5) is 16.1. The molecule has 1 heterocycles. The molecule has 1 aliphatic carbocycles. The highest BCUT2D eigenvalue weighted by Crippen LogP contribution is 2.41. The third-order valence-electron chi connectivity index (χ3n) is 6.52. The van der Waals surface area contributed by atoms with E-state index < -0.39 is 0 Å². The van der Waals surface area contributed by atoms with Gasteiger partial charge < -0.3 is 4.74 Å². The van der Waals surface area contributed by atoms with Gasteiger partial charge in [0, 0.05) is 12.1 Å². The van der Waals surface area contributed by atoms with E-state index in [2.05, 4.69) is 42.2 Å². The van der Waals surface area contributed by atoms with Crippen LogP contribution in [-0.2, 0) is 6.42 Å². The molecule has 0 saturated carbocycles. The number of ether oxygens (including phenoxy) is 1. The maximum absolute atomic E-state index is 13.6. The Morgan fingerprint density at radius 1 is 1.11 bits per heavy atom. The molecule has 0 N–H and O–H groups in total. The molecule has 2 aromatic carbocycles. The molecule has 142 valence electrons. The van der Waals surface area contributed by atoms with Crippen LogP contribution >= 0.6 is 0 Å². The number of carbonyl (C=O) groups excluding carboxylic acids is 1. The summed E-state index contributed by atoms with van der Waals surface area (Å²) >= 11 is 0. The number of fused-ring (bicyclic) bond motifs is 1. The van der Waals surface area contributed by atoms with Crippen LogP contribution in [0.2, 0.25) is 0 Å². The van der Waals surface area contributed by atoms with Gasteiger partial charge in [0.25, 0.3) is 0 Å². The topological polar surface area (TPSA) is 29.5 Å². The Labute approximate surface area is 162 Å². The fraction of sp³-hybridized carbons (Fsp3) is 0.458. The summed E-state index contributed by atoms with van der Waals surface area (Å²) in [6.45, 7) is 4.25. The smallest absolute Gasteiger partial charge is 0.183 e. The molecule has 2 atom stereocenters. The number of rotatable bonds is 4. The third-order valence-corrected chi connectivity index (χ3v) is 6.52. The minimum atomic E-state index is -0.317. The molecule has 1 saturated heterocycles. The first-order valence-electron chi connectivity index (χ1n) is 10.2. The molecule has 27 heavy (non-hydrogen) atoms. The van der Waals surface area contributed by atoms with Gasteiger partial charge in [-0.1, -0.05) is 37.3 Å². The van der Waals surface area contributed by atoms with Crippen molar-refractivity contribution in [1.82, 2.24) is 4.90 Å². The number of hydrogen-bond donors (Lipinski definition) is 0. The quantitative estimate of drug-likeness (QED) is 0.777. The monoisotopic (exact) mass is 363 g/mol. The summed E-state index contributed by atoms with van der Waals surface area (Å²) in [5.41, 5.74) is 3.09. The lowest BCUT2D eigenvalue weighted by atomic mass is 9.71. The fourth-order valence-corrected chi connectivity index (χ4v) is 4.95. The van der Waals surface area contributed by atoms with Gasteiger partial charge in [-0.2, -0.15) is 0 Å². The summed E-state index contributed by atoms with van der Waals surface area (Å²) < 4.78 is 5.35. The average molecular weight is 364 g/mol. The van der Waals surface area contributed by atoms with E-state index in [9.17, 15) is 4.79 Å². The minimum Gasteiger partial charge on any atom is -0.497 e. The Bertz CT molecular complexity index is 816. The average Bonchev–Trinajstić information content (AvgIpc) is 2.72. The molecule has 1 aliphatic heterocycles. The zero-order valence-corrected chi connectivity index (χ0v) is 16.4. The van der Waals surface area contributed by atoms with E-state index in [0.717, 1.165) is 55.6 Å². The number of Topliss-reactive ketones (excluding diaryl/α,β-unsaturated/α-hetero) is 1. The van der Waals surface area contributed by atoms with Gasteiger partial charge in [0.05, 0.1) is 12.6 Å². The van der Waals surface area contributed by atoms with Crippen molar-refractivity contribution < 1.29 is 9.53 Å². The normalized spacial score (nSPS) is 23.9. The maximum Gasteiger partial charge on any atom is 0.183 e. The van der Waals surface area contributed by atoms with Crippen LogP contribution in [0.25, 0.3) is 0 Å². The van der Waals surface area contributed by atoms with Gasteiger partial charge in [0.1, 0.15) is 5.75 Å². The first-order valence-corrected chi connectivity index (χ1v) is 10.2. The van der Waals surface area contributed by atoms with Gasteiger partial charge in [-0.15, -0.1) is 0 Å². The van der Waals surface area contributed by atoms with Gasteiger partial charge in [0.2, 0.25) is 0 Å². The lowest BCUT2D eigenvalue weighted by molar-refractivity contribution is 0.0270. The summed E-state index contributed by atoms with van der Waals surface area (Å²) in [6.07, 6.45) is 5.19. The maximum atomic E-state index is 13.6. The number of methoxy groups -OCH3 is 1. The second-order valence-corrected chi connectivity index (χ2v) is 8.10. The van der Waals surface area contributed by atoms with Crippen molar-refractivity contribution in [3.63, 3.8) is 0 Å². The van der Waals surface area contributed by atoms with Crippen LogP contribution in [-0.4, -0.2) is 36.4 Å². The lowest BCUT2D eigenvalue weighted by Crippen LogP contribution is -2.59. The van der Waals surface area contributed by atoms with Gasteiger partial charge in [-0.05, 0) is 73.9 Å². The van der Waals surface area contributed by atoms with Gasteiger partial charge >= 0.3 is 0 Å². The summed E-state index contributed by atoms with van der Waals surface area (Å²) in [7, 11) is 1.68. The molecule has 0 amide bonds. The van der Waals surface area contributed by atoms with Crippen LogP contribution in [0.4, 0.5) is 0 Å². The highest BCUT2D eigenvalue weighted by Gasteiger charge is 2.48. The molecule has 3 nitrogen and oxygen atoms in total. The molecule has 1 fully saturated rings. The van der Waals surface area contributed by atoms with Crippen molar-refractivity contribution in [3.8, 4) is 5.75 Å². The molecular weight excluding hydrogens is 334 g/mol. The predicted octanol–water partition coefficient (Wildman–Crippen LogP) is 4.85. The van der Waals surface area contributed by atoms with Crippen molar-refractivity contribution in [3.05, 3.63) is 65.2 Å². The molecule has 0 radical (unpaired) electrons. The van der Waals surface area contributed by atoms with Crippen molar-refractivity contribution >= 4 is 5.78 Å². The Hall–Kier alpha value is -2.13. The number of nitrogens with zero attached hydrogens (tertiary/aromatic N) is 1. The van der Waals surface area contributed by atoms with Gasteiger partial charge in [0.15, 0.2) is 5.78 Å². The molecule has 1 spiro atoms. The molecule has 2 unspecified atom stereocenters. The Morgan fingerprint density at radius 3 is 2.70 bits per heavy atom. The zero-order chi connectivity index (χ0) is 18.9. The van der Waals surface area contributed by atoms with Crippen molar-refractivity contribution in [2.45, 2.75) is 50.5 Å². The molecular formula is C24H29NO2. The van der Waals surface area contributed by atoms with E-state index in [1.54, 1.807) is 7.11 Å². The number of ketones is 1. The number of carbonyl (C=O) groups is 1. The highest BCUT2D eigenvalue weighted by atomic mass is 16.5. The zero-order valence-electron chi connectivity index (χ0n) is 16.4. The number of aryl methyl sites for hydroxylation is 1. The van der Waals surface area contributed by atoms with Gasteiger partial charge in [-0.25, -0.2) is 0 Å². The Morgan fingerprint density at radius 2 is 1.93 bits per heavy atom. The summed E-state index contributed by atoms with van der Waals surface area (Å²) in [5, 5.41) is 0. The van der Waals surface area contributed by atoms with Crippen LogP contribution in [0.1, 0.15) is 60.0 Å². The van der Waals surface area contributed by atoms with Crippen LogP contribution in [0.15, 0.2) is 48.5 Å². The van der Waals surface area contributed by atoms with E-state index in [1.807, 2.05) is 18.2 Å². The molecule has 3 heteroatoms. The molecule has 0 bridgehead atoms. The largest absolute Gasteiger partial charge is 0.497 e. The SMILES string of the molecule is COc1ccc2c(c1)CCC1(CCCCN1CC(C)c1ccccc1)C2=O. The summed E-state index contributed by atoms with van der Waals surface area (Å²) in [5.74, 6) is 1.59. The van der Waals surface area contributed by atoms with E-state index in [-0.39, 0.29) is 5.54 Å². The first-order chi connectivity index (χ1) is 13.1. The van der Waals surface area contributed by atoms with Crippen LogP contribution < -0.4 is 4.74 Å². The van der Waals surface area contributed by atoms with E-state index in [1.165, 1.54) is 12.0 Å². The second kappa shape index (κ2) is 7.47. The number of likely N-dealkylation sites (tertiary alicyclic amines) is 1. The Balaban J connectivity index is 1.62. The summed E-state index contributed by atoms with van der Waals surface area (Å²) in [6, 6.07) is 16.6. The lowest BCUT2D eigenvalue weighted by Gasteiger charge is -2.49. The fourth-order valence-electron chi connectivity index (χ4n) is 4.95. The predicted molar refractivity (Wildman–Crippen MR) is 109 cm³/mol. The molecule has 0 aromatic heterocycles. The molecule has 2 aromatic rings. The van der Waals surface area contributed by atoms with E-state index in [0.29, 0.717) is 11.7 Å². The molecule has 2 aliphatic rings. The first kappa shape index (κ1) is 18.2. The van der Waals surface area contributed by atoms with Crippen molar-refractivity contribution in [1.29, 1.82) is 0 Å². The van der Waals surface area contributed by atoms with Crippen LogP contribution in [0.5, 0.6) is 5.75 Å². The highest BCUT2D eigenvalue weighted by molar-refractivity contribution is 6.05. The number of hydrogen-bond acceptors (Lipinski definition) is 3. The minimum absolute atomic E-state index is 0.317. The van der Waals surface area contributed by atoms with Crippen molar-refractivity contribution in [2.24, 2.45) is 0 Å². The van der Waals surface area contributed by atoms with Gasteiger partial charge in [-0.3, -0.25) is 9.69 Å². The second-order valence-electron chi connectivity index (χ2n) is 8.10. The standard InChI is InChI=1S/C24H29NO2/c1-18(19-8-4-3-5-9-19)17-25-15-7-6-13-24(25)14-12-20-16-21(27-2)10-11-22(20)23(24)26/h3-5,8-11,16,18H,6-7,12-15,17H2,1-2H3. The van der Waals surface area contributed by atoms with Crippen LogP contribution in [0.3, 0.4) is 0 Å². The third kappa shape index (κ3) is 3.29. The molecule has 4 rings (SSSR count).